The fraction of sp³-hybridized carbons (Fsp3) is 0.417. The second-order valence-corrected chi connectivity index (χ2v) is 4.22. The van der Waals surface area contributed by atoms with Crippen LogP contribution >= 0.6 is 0 Å². The Morgan fingerprint density at radius 3 is 3.00 bits per heavy atom. The highest BCUT2D eigenvalue weighted by atomic mass is 15.4. The van der Waals surface area contributed by atoms with Gasteiger partial charge in [-0.05, 0) is 31.5 Å². The lowest BCUT2D eigenvalue weighted by atomic mass is 10.0. The molecule has 1 aliphatic rings. The fourth-order valence-corrected chi connectivity index (χ4v) is 2.22. The van der Waals surface area contributed by atoms with Crippen molar-refractivity contribution in [1.29, 1.82) is 0 Å². The van der Waals surface area contributed by atoms with Crippen molar-refractivity contribution in [1.82, 2.24) is 25.1 Å². The average Bonchev–Trinajstić information content (AvgIpc) is 2.90. The number of nitrogens with one attached hydrogen (secondary N) is 1. The monoisotopic (exact) mass is 229 g/mol. The third-order valence-corrected chi connectivity index (χ3v) is 3.06. The minimum absolute atomic E-state index is 0.299. The van der Waals surface area contributed by atoms with Gasteiger partial charge in [0.15, 0.2) is 11.6 Å². The number of rotatable bonds is 2. The van der Waals surface area contributed by atoms with E-state index >= 15 is 0 Å². The Morgan fingerprint density at radius 2 is 2.24 bits per heavy atom. The summed E-state index contributed by atoms with van der Waals surface area (Å²) in [6.45, 7) is 1.06. The lowest BCUT2D eigenvalue weighted by molar-refractivity contribution is 0.391. The zero-order valence-corrected chi connectivity index (χ0v) is 9.58. The van der Waals surface area contributed by atoms with Gasteiger partial charge < -0.3 is 5.32 Å². The Hall–Kier alpha value is -1.75. The lowest BCUT2D eigenvalue weighted by Crippen LogP contribution is -2.29. The predicted molar refractivity (Wildman–Crippen MR) is 63.7 cm³/mol. The van der Waals surface area contributed by atoms with Crippen molar-refractivity contribution >= 4 is 0 Å². The van der Waals surface area contributed by atoms with Gasteiger partial charge in [0, 0.05) is 6.20 Å². The standard InChI is InChI=1S/C12H15N5/c1-3-7-13-10(5-1)12-15-9-16-17(12)11-6-2-4-8-14-11/h2,4,6,8-10,13H,1,3,5,7H2/t10-/m1/s1. The van der Waals surface area contributed by atoms with Gasteiger partial charge in [-0.2, -0.15) is 9.78 Å². The van der Waals surface area contributed by atoms with Crippen molar-refractivity contribution in [3.05, 3.63) is 36.5 Å². The van der Waals surface area contributed by atoms with Crippen LogP contribution in [0.5, 0.6) is 0 Å². The van der Waals surface area contributed by atoms with Crippen molar-refractivity contribution in [2.75, 3.05) is 6.54 Å². The van der Waals surface area contributed by atoms with Crippen LogP contribution in [0.3, 0.4) is 0 Å². The smallest absolute Gasteiger partial charge is 0.155 e. The Labute approximate surface area is 99.9 Å². The quantitative estimate of drug-likeness (QED) is 0.847. The summed E-state index contributed by atoms with van der Waals surface area (Å²) in [5.74, 6) is 1.79. The number of pyridine rings is 1. The van der Waals surface area contributed by atoms with E-state index in [-0.39, 0.29) is 0 Å². The number of nitrogens with zero attached hydrogens (tertiary/aromatic N) is 4. The summed E-state index contributed by atoms with van der Waals surface area (Å²) in [6.07, 6.45) is 6.97. The van der Waals surface area contributed by atoms with Crippen molar-refractivity contribution in [3.8, 4) is 5.82 Å². The van der Waals surface area contributed by atoms with Gasteiger partial charge in [-0.1, -0.05) is 12.5 Å². The van der Waals surface area contributed by atoms with E-state index < -0.39 is 0 Å². The van der Waals surface area contributed by atoms with Crippen molar-refractivity contribution < 1.29 is 0 Å². The second kappa shape index (κ2) is 4.63. The van der Waals surface area contributed by atoms with Gasteiger partial charge in [0.1, 0.15) is 6.33 Å². The maximum absolute atomic E-state index is 4.37. The van der Waals surface area contributed by atoms with E-state index in [0.29, 0.717) is 6.04 Å². The first-order valence-corrected chi connectivity index (χ1v) is 6.00. The van der Waals surface area contributed by atoms with Crippen LogP contribution < -0.4 is 5.32 Å². The molecule has 1 fully saturated rings. The van der Waals surface area contributed by atoms with Crippen LogP contribution in [-0.2, 0) is 0 Å². The second-order valence-electron chi connectivity index (χ2n) is 4.22. The van der Waals surface area contributed by atoms with Gasteiger partial charge >= 0.3 is 0 Å². The predicted octanol–water partition coefficient (Wildman–Crippen LogP) is 1.48. The first-order chi connectivity index (χ1) is 8.45. The Morgan fingerprint density at radius 1 is 1.24 bits per heavy atom. The molecule has 3 rings (SSSR count). The molecular formula is C12H15N5. The van der Waals surface area contributed by atoms with Gasteiger partial charge in [0.25, 0.3) is 0 Å². The molecule has 2 aromatic rings. The molecule has 3 heterocycles. The summed E-state index contributed by atoms with van der Waals surface area (Å²) in [5, 5.41) is 7.75. The van der Waals surface area contributed by atoms with E-state index in [9.17, 15) is 0 Å². The molecule has 1 saturated heterocycles. The summed E-state index contributed by atoms with van der Waals surface area (Å²) < 4.78 is 1.82. The number of hydrogen-bond donors (Lipinski definition) is 1. The molecule has 1 aliphatic heterocycles. The van der Waals surface area contributed by atoms with E-state index in [0.717, 1.165) is 24.6 Å². The third kappa shape index (κ3) is 2.06. The molecule has 2 aromatic heterocycles. The topological polar surface area (TPSA) is 55.6 Å². The molecule has 0 bridgehead atoms. The van der Waals surface area contributed by atoms with Crippen molar-refractivity contribution in [2.45, 2.75) is 25.3 Å². The average molecular weight is 229 g/mol. The van der Waals surface area contributed by atoms with Crippen LogP contribution in [0.2, 0.25) is 0 Å². The molecule has 5 heteroatoms. The number of hydrogen-bond acceptors (Lipinski definition) is 4. The summed E-state index contributed by atoms with van der Waals surface area (Å²) in [5.41, 5.74) is 0. The molecule has 0 aliphatic carbocycles. The summed E-state index contributed by atoms with van der Waals surface area (Å²) in [6, 6.07) is 6.11. The zero-order chi connectivity index (χ0) is 11.5. The highest BCUT2D eigenvalue weighted by molar-refractivity contribution is 5.22. The molecule has 88 valence electrons. The van der Waals surface area contributed by atoms with E-state index in [1.54, 1.807) is 12.5 Å². The SMILES string of the molecule is c1ccc(-n2ncnc2[C@H]2CCCCN2)nc1. The highest BCUT2D eigenvalue weighted by Crippen LogP contribution is 2.22. The van der Waals surface area contributed by atoms with E-state index in [1.807, 2.05) is 22.9 Å². The molecule has 17 heavy (non-hydrogen) atoms. The molecule has 0 radical (unpaired) electrons. The van der Waals surface area contributed by atoms with Gasteiger partial charge in [0.2, 0.25) is 0 Å². The Balaban J connectivity index is 1.93. The van der Waals surface area contributed by atoms with Crippen LogP contribution in [0.1, 0.15) is 31.1 Å². The molecule has 0 saturated carbocycles. The van der Waals surface area contributed by atoms with Crippen molar-refractivity contribution in [3.63, 3.8) is 0 Å². The van der Waals surface area contributed by atoms with E-state index in [1.165, 1.54) is 12.8 Å². The molecule has 0 aromatic carbocycles. The Kier molecular flexibility index (Phi) is 2.83. The van der Waals surface area contributed by atoms with Crippen LogP contribution in [0.25, 0.3) is 5.82 Å². The zero-order valence-electron chi connectivity index (χ0n) is 9.58. The maximum Gasteiger partial charge on any atom is 0.155 e. The minimum atomic E-state index is 0.299. The normalized spacial score (nSPS) is 20.4. The van der Waals surface area contributed by atoms with Gasteiger partial charge in [-0.25, -0.2) is 9.97 Å². The molecular weight excluding hydrogens is 214 g/mol. The first-order valence-electron chi connectivity index (χ1n) is 6.00. The highest BCUT2D eigenvalue weighted by Gasteiger charge is 2.20. The summed E-state index contributed by atoms with van der Waals surface area (Å²) in [7, 11) is 0. The van der Waals surface area contributed by atoms with E-state index in [2.05, 4.69) is 20.4 Å². The van der Waals surface area contributed by atoms with Gasteiger partial charge in [-0.15, -0.1) is 0 Å². The number of aromatic nitrogens is 4. The molecule has 1 N–H and O–H groups in total. The number of piperidine rings is 1. The first kappa shape index (κ1) is 10.4. The minimum Gasteiger partial charge on any atom is -0.307 e. The lowest BCUT2D eigenvalue weighted by Gasteiger charge is -2.22. The van der Waals surface area contributed by atoms with Crippen LogP contribution in [0, 0.1) is 0 Å². The molecule has 5 nitrogen and oxygen atoms in total. The summed E-state index contributed by atoms with van der Waals surface area (Å²) >= 11 is 0. The molecule has 0 unspecified atom stereocenters. The van der Waals surface area contributed by atoms with E-state index in [4.69, 9.17) is 0 Å². The van der Waals surface area contributed by atoms with Gasteiger partial charge in [0.05, 0.1) is 6.04 Å². The summed E-state index contributed by atoms with van der Waals surface area (Å²) in [4.78, 5) is 8.67. The van der Waals surface area contributed by atoms with Crippen LogP contribution in [-0.4, -0.2) is 26.3 Å². The Bertz CT molecular complexity index is 473. The molecule has 0 amide bonds. The fourth-order valence-electron chi connectivity index (χ4n) is 2.22. The molecule has 0 spiro atoms. The molecule has 1 atom stereocenters. The van der Waals surface area contributed by atoms with Crippen LogP contribution in [0.15, 0.2) is 30.7 Å². The van der Waals surface area contributed by atoms with Crippen molar-refractivity contribution in [2.24, 2.45) is 0 Å². The third-order valence-electron chi connectivity index (χ3n) is 3.06. The maximum atomic E-state index is 4.37. The van der Waals surface area contributed by atoms with Crippen LogP contribution in [0.4, 0.5) is 0 Å². The van der Waals surface area contributed by atoms with Gasteiger partial charge in [-0.3, -0.25) is 0 Å². The largest absolute Gasteiger partial charge is 0.307 e.